The molecule has 2 nitrogen and oxygen atoms in total. The summed E-state index contributed by atoms with van der Waals surface area (Å²) in [6.45, 7) is 0. The fraction of sp³-hybridized carbons (Fsp3) is 0.353. The fourth-order valence-corrected chi connectivity index (χ4v) is 2.72. The predicted octanol–water partition coefficient (Wildman–Crippen LogP) is 3.41. The second-order valence-electron chi connectivity index (χ2n) is 5.23. The normalized spacial score (nSPS) is 15.6. The number of rotatable bonds is 2. The molecule has 0 saturated heterocycles. The van der Waals surface area contributed by atoms with Gasteiger partial charge in [-0.05, 0) is 48.6 Å². The Balaban J connectivity index is 0.00000147. The molecule has 1 aliphatic carbocycles. The van der Waals surface area contributed by atoms with Crippen LogP contribution in [0.5, 0.6) is 0 Å². The summed E-state index contributed by atoms with van der Waals surface area (Å²) in [5.41, 5.74) is 0.657. The zero-order chi connectivity index (χ0) is 13.1. The van der Waals surface area contributed by atoms with E-state index in [-0.39, 0.29) is 36.0 Å². The molecule has 20 heavy (non-hydrogen) atoms. The molecule has 0 N–H and O–H groups in total. The van der Waals surface area contributed by atoms with E-state index in [4.69, 9.17) is 4.74 Å². The number of benzene rings is 2. The maximum atomic E-state index is 12.1. The number of hydrogen-bond acceptors (Lipinski definition) is 2. The van der Waals surface area contributed by atoms with Crippen molar-refractivity contribution in [1.29, 1.82) is 0 Å². The van der Waals surface area contributed by atoms with Crippen molar-refractivity contribution in [1.82, 2.24) is 0 Å². The number of hydrogen-bond donors (Lipinski definition) is 0. The van der Waals surface area contributed by atoms with E-state index in [2.05, 4.69) is 0 Å². The summed E-state index contributed by atoms with van der Waals surface area (Å²) >= 11 is 0. The molecule has 104 valence electrons. The molecule has 1 aliphatic rings. The Morgan fingerprint density at radius 1 is 0.950 bits per heavy atom. The van der Waals surface area contributed by atoms with Crippen LogP contribution in [0.1, 0.15) is 42.5 Å². The summed E-state index contributed by atoms with van der Waals surface area (Å²) in [6.07, 6.45) is 5.77. The van der Waals surface area contributed by atoms with Crippen molar-refractivity contribution >= 4 is 40.6 Å². The van der Waals surface area contributed by atoms with Crippen LogP contribution in [0.25, 0.3) is 10.8 Å². The van der Waals surface area contributed by atoms with E-state index in [0.717, 1.165) is 23.6 Å². The van der Waals surface area contributed by atoms with E-state index >= 15 is 0 Å². The van der Waals surface area contributed by atoms with Gasteiger partial charge in [0.2, 0.25) is 0 Å². The molecule has 0 bridgehead atoms. The number of carbonyl (C=O) groups is 1. The molecule has 0 aliphatic heterocycles. The molecule has 0 spiro atoms. The Labute approximate surface area is 136 Å². The molecule has 0 unspecified atom stereocenters. The number of fused-ring (bicyclic) bond motifs is 1. The summed E-state index contributed by atoms with van der Waals surface area (Å²) in [5.74, 6) is -0.183. The number of esters is 1. The first-order valence-electron chi connectivity index (χ1n) is 7.03. The van der Waals surface area contributed by atoms with Crippen LogP contribution in [-0.2, 0) is 4.74 Å². The minimum atomic E-state index is -0.183. The van der Waals surface area contributed by atoms with Crippen molar-refractivity contribution in [2.24, 2.45) is 0 Å². The van der Waals surface area contributed by atoms with Crippen LogP contribution in [-0.4, -0.2) is 36.0 Å². The van der Waals surface area contributed by atoms with Gasteiger partial charge in [-0.25, -0.2) is 4.79 Å². The van der Waals surface area contributed by atoms with Crippen molar-refractivity contribution < 1.29 is 9.53 Å². The number of carbonyl (C=O) groups excluding carboxylic acids is 1. The Kier molecular flexibility index (Phi) is 5.46. The molecule has 1 saturated carbocycles. The SMILES string of the molecule is O=C(OC1CCCCC1)c1ccc2ccccc2c1.[SnH2]. The van der Waals surface area contributed by atoms with Crippen LogP contribution in [0.4, 0.5) is 0 Å². The average molecular weight is 375 g/mol. The Morgan fingerprint density at radius 2 is 1.65 bits per heavy atom. The topological polar surface area (TPSA) is 26.3 Å². The van der Waals surface area contributed by atoms with Gasteiger partial charge in [-0.15, -0.1) is 0 Å². The maximum absolute atomic E-state index is 12.1. The van der Waals surface area contributed by atoms with Crippen molar-refractivity contribution in [2.45, 2.75) is 38.2 Å². The first-order chi connectivity index (χ1) is 9.33. The minimum absolute atomic E-state index is 0. The van der Waals surface area contributed by atoms with Crippen molar-refractivity contribution in [2.75, 3.05) is 0 Å². The van der Waals surface area contributed by atoms with E-state index in [1.807, 2.05) is 42.5 Å². The molecule has 0 heterocycles. The third-order valence-electron chi connectivity index (χ3n) is 3.81. The molecular formula is C17H20O2Sn. The quantitative estimate of drug-likeness (QED) is 0.594. The third-order valence-corrected chi connectivity index (χ3v) is 3.81. The van der Waals surface area contributed by atoms with Crippen LogP contribution in [0.3, 0.4) is 0 Å². The predicted molar refractivity (Wildman–Crippen MR) is 84.8 cm³/mol. The van der Waals surface area contributed by atoms with Crippen LogP contribution in [0, 0.1) is 0 Å². The van der Waals surface area contributed by atoms with E-state index in [9.17, 15) is 4.79 Å². The molecule has 0 amide bonds. The molecule has 0 aromatic heterocycles. The molecule has 3 heteroatoms. The van der Waals surface area contributed by atoms with Gasteiger partial charge in [0.15, 0.2) is 0 Å². The molecule has 2 aromatic carbocycles. The van der Waals surface area contributed by atoms with Gasteiger partial charge in [0, 0.05) is 0 Å². The first kappa shape index (κ1) is 15.4. The monoisotopic (exact) mass is 376 g/mol. The Morgan fingerprint density at radius 3 is 2.40 bits per heavy atom. The van der Waals surface area contributed by atoms with Crippen LogP contribution in [0.15, 0.2) is 42.5 Å². The van der Waals surface area contributed by atoms with E-state index in [1.54, 1.807) is 0 Å². The summed E-state index contributed by atoms with van der Waals surface area (Å²) in [4.78, 5) is 12.1. The van der Waals surface area contributed by atoms with Gasteiger partial charge in [0.05, 0.1) is 5.56 Å². The van der Waals surface area contributed by atoms with Gasteiger partial charge in [-0.3, -0.25) is 0 Å². The van der Waals surface area contributed by atoms with Gasteiger partial charge in [0.1, 0.15) is 6.10 Å². The summed E-state index contributed by atoms with van der Waals surface area (Å²) in [5, 5.41) is 2.23. The zero-order valence-corrected chi connectivity index (χ0v) is 15.7. The Bertz CT molecular complexity index is 588. The molecule has 1 fully saturated rings. The molecule has 0 atom stereocenters. The van der Waals surface area contributed by atoms with Crippen LogP contribution < -0.4 is 0 Å². The van der Waals surface area contributed by atoms with Gasteiger partial charge in [-0.2, -0.15) is 0 Å². The van der Waals surface area contributed by atoms with Gasteiger partial charge in [-0.1, -0.05) is 36.8 Å². The molecular weight excluding hydrogens is 355 g/mol. The summed E-state index contributed by atoms with van der Waals surface area (Å²) in [7, 11) is 0. The average Bonchev–Trinajstić information content (AvgIpc) is 2.48. The second-order valence-corrected chi connectivity index (χ2v) is 5.23. The number of ether oxygens (including phenoxy) is 1. The second kappa shape index (κ2) is 7.11. The van der Waals surface area contributed by atoms with Crippen LogP contribution in [0.2, 0.25) is 0 Å². The first-order valence-corrected chi connectivity index (χ1v) is 7.03. The van der Waals surface area contributed by atoms with E-state index in [0.29, 0.717) is 5.56 Å². The molecule has 3 rings (SSSR count). The van der Waals surface area contributed by atoms with Gasteiger partial charge >= 0.3 is 29.9 Å². The molecule has 2 radical (unpaired) electrons. The van der Waals surface area contributed by atoms with Gasteiger partial charge in [0.25, 0.3) is 0 Å². The summed E-state index contributed by atoms with van der Waals surface area (Å²) in [6, 6.07) is 13.8. The standard InChI is InChI=1S/C17H18O2.Sn.2H/c18-17(19-16-8-2-1-3-9-16)15-11-10-13-6-4-5-7-14(13)12-15;;;/h4-7,10-12,16H,1-3,8-9H2;;;. The van der Waals surface area contributed by atoms with Crippen molar-refractivity contribution in [3.05, 3.63) is 48.0 Å². The van der Waals surface area contributed by atoms with Crippen LogP contribution >= 0.6 is 0 Å². The summed E-state index contributed by atoms with van der Waals surface area (Å²) < 4.78 is 5.59. The van der Waals surface area contributed by atoms with Crippen molar-refractivity contribution in [3.8, 4) is 0 Å². The van der Waals surface area contributed by atoms with Gasteiger partial charge < -0.3 is 4.74 Å². The molecule has 2 aromatic rings. The van der Waals surface area contributed by atoms with E-state index < -0.39 is 0 Å². The van der Waals surface area contributed by atoms with E-state index in [1.165, 1.54) is 19.3 Å². The Hall–Kier alpha value is -1.03. The van der Waals surface area contributed by atoms with Crippen molar-refractivity contribution in [3.63, 3.8) is 0 Å². The third kappa shape index (κ3) is 3.54. The fourth-order valence-electron chi connectivity index (χ4n) is 2.72. The zero-order valence-electron chi connectivity index (χ0n) is 11.7.